The highest BCUT2D eigenvalue weighted by Gasteiger charge is 2.33. The number of fused-ring (bicyclic) bond motifs is 3. The average molecular weight is 571 g/mol. The van der Waals surface area contributed by atoms with E-state index in [0.717, 1.165) is 40.2 Å². The number of nitrogens with zero attached hydrogens (tertiary/aromatic N) is 4. The van der Waals surface area contributed by atoms with Crippen molar-refractivity contribution in [2.24, 2.45) is 4.99 Å². The molecule has 6 rings (SSSR count). The summed E-state index contributed by atoms with van der Waals surface area (Å²) < 4.78 is 12.3. The minimum atomic E-state index is -0.628. The molecule has 0 radical (unpaired) electrons. The maximum absolute atomic E-state index is 14.0. The number of hydrogen-bond acceptors (Lipinski definition) is 9. The number of rotatable bonds is 6. The summed E-state index contributed by atoms with van der Waals surface area (Å²) in [5.74, 6) is 0.466. The number of benzene rings is 3. The van der Waals surface area contributed by atoms with Crippen LogP contribution in [0.3, 0.4) is 0 Å². The summed E-state index contributed by atoms with van der Waals surface area (Å²) in [4.78, 5) is 41.8. The third kappa shape index (κ3) is 4.38. The van der Waals surface area contributed by atoms with E-state index in [2.05, 4.69) is 0 Å². The van der Waals surface area contributed by atoms with Gasteiger partial charge in [-0.1, -0.05) is 47.7 Å². The zero-order valence-electron chi connectivity index (χ0n) is 21.9. The lowest BCUT2D eigenvalue weighted by Gasteiger charge is -2.30. The molecular weight excluding hydrogens is 548 g/mol. The van der Waals surface area contributed by atoms with E-state index in [1.165, 1.54) is 49.1 Å². The van der Waals surface area contributed by atoms with E-state index < -0.39 is 21.4 Å². The van der Waals surface area contributed by atoms with E-state index in [1.54, 1.807) is 12.1 Å². The number of hydrogen-bond donors (Lipinski definition) is 0. The van der Waals surface area contributed by atoms with Crippen LogP contribution in [0.25, 0.3) is 11.8 Å². The van der Waals surface area contributed by atoms with Gasteiger partial charge in [-0.15, -0.1) is 0 Å². The molecule has 2 aliphatic rings. The van der Waals surface area contributed by atoms with Crippen LogP contribution in [0.1, 0.15) is 34.7 Å². The Morgan fingerprint density at radius 1 is 0.976 bits per heavy atom. The Morgan fingerprint density at radius 3 is 2.46 bits per heavy atom. The smallest absolute Gasteiger partial charge is 0.280 e. The standard InChI is InChI=1S/C29H22N4O7S/c1-39-23-13-18(22(33(37)38)15-24(23)40-2)14-25-28(34)31-27(17-7-5-8-19(12-17)32(35)36)21-11-10-16-6-3-4-9-20(16)26(21)30-29(31)41-25/h3-9,12-15,27H,10-11H2,1-2H3/b25-14+/t27-/m1/s1. The Morgan fingerprint density at radius 2 is 1.73 bits per heavy atom. The van der Waals surface area contributed by atoms with Gasteiger partial charge < -0.3 is 9.47 Å². The normalized spacial score (nSPS) is 15.9. The largest absolute Gasteiger partial charge is 0.493 e. The second-order valence-corrected chi connectivity index (χ2v) is 10.5. The fraction of sp³-hybridized carbons (Fsp3) is 0.172. The first-order valence-corrected chi connectivity index (χ1v) is 13.4. The van der Waals surface area contributed by atoms with Crippen molar-refractivity contribution in [3.8, 4) is 11.5 Å². The predicted molar refractivity (Wildman–Crippen MR) is 152 cm³/mol. The van der Waals surface area contributed by atoms with Crippen LogP contribution >= 0.6 is 11.3 Å². The molecule has 2 heterocycles. The van der Waals surface area contributed by atoms with Crippen LogP contribution in [0.15, 0.2) is 76.0 Å². The molecule has 0 spiro atoms. The van der Waals surface area contributed by atoms with Gasteiger partial charge in [0, 0.05) is 17.7 Å². The number of ether oxygens (including phenoxy) is 2. The highest BCUT2D eigenvalue weighted by Crippen LogP contribution is 2.42. The molecule has 0 saturated carbocycles. The molecule has 0 bridgehead atoms. The molecule has 0 fully saturated rings. The summed E-state index contributed by atoms with van der Waals surface area (Å²) in [6.45, 7) is 0. The minimum absolute atomic E-state index is 0.0825. The summed E-state index contributed by atoms with van der Waals surface area (Å²) in [6, 6.07) is 16.3. The quantitative estimate of drug-likeness (QED) is 0.251. The van der Waals surface area contributed by atoms with Crippen molar-refractivity contribution in [3.05, 3.63) is 128 Å². The summed E-state index contributed by atoms with van der Waals surface area (Å²) in [5, 5.41) is 23.5. The van der Waals surface area contributed by atoms with Crippen molar-refractivity contribution in [2.75, 3.05) is 14.2 Å². The number of nitro groups is 2. The van der Waals surface area contributed by atoms with Crippen molar-refractivity contribution >= 4 is 34.5 Å². The maximum Gasteiger partial charge on any atom is 0.280 e. The fourth-order valence-corrected chi connectivity index (χ4v) is 6.42. The van der Waals surface area contributed by atoms with Gasteiger partial charge in [-0.3, -0.25) is 29.6 Å². The molecule has 1 aliphatic carbocycles. The van der Waals surface area contributed by atoms with Crippen LogP contribution in [-0.2, 0) is 6.42 Å². The summed E-state index contributed by atoms with van der Waals surface area (Å²) in [5.41, 5.74) is 3.74. The molecule has 4 aromatic rings. The van der Waals surface area contributed by atoms with Crippen LogP contribution in [0, 0.1) is 20.2 Å². The van der Waals surface area contributed by atoms with Gasteiger partial charge in [0.1, 0.15) is 0 Å². The summed E-state index contributed by atoms with van der Waals surface area (Å²) in [7, 11) is 2.80. The molecule has 0 amide bonds. The van der Waals surface area contributed by atoms with Crippen molar-refractivity contribution < 1.29 is 19.3 Å². The van der Waals surface area contributed by atoms with Gasteiger partial charge in [0.2, 0.25) is 0 Å². The van der Waals surface area contributed by atoms with Crippen LogP contribution in [0.5, 0.6) is 11.5 Å². The molecule has 0 saturated heterocycles. The molecule has 1 atom stereocenters. The minimum Gasteiger partial charge on any atom is -0.493 e. The average Bonchev–Trinajstić information content (AvgIpc) is 3.29. The zero-order chi connectivity index (χ0) is 28.8. The first kappa shape index (κ1) is 26.1. The van der Waals surface area contributed by atoms with E-state index in [-0.39, 0.29) is 33.0 Å². The van der Waals surface area contributed by atoms with Crippen molar-refractivity contribution in [1.82, 2.24) is 4.57 Å². The first-order chi connectivity index (χ1) is 19.8. The number of thiazole rings is 1. The Bertz CT molecular complexity index is 1980. The number of methoxy groups -OCH3 is 2. The zero-order valence-corrected chi connectivity index (χ0v) is 22.7. The lowest BCUT2D eigenvalue weighted by atomic mass is 9.83. The molecular formula is C29H22N4O7S. The number of aromatic nitrogens is 1. The van der Waals surface area contributed by atoms with Gasteiger partial charge in [-0.2, -0.15) is 0 Å². The SMILES string of the molecule is COc1cc(/C=c2/sc3n(c2=O)[C@H](c2cccc([N+](=O)[O-])c2)C2=C(N=3)c3ccccc3CC2)c([N+](=O)[O-])cc1OC. The number of allylic oxidation sites excluding steroid dienone is 1. The van der Waals surface area contributed by atoms with Gasteiger partial charge in [-0.25, -0.2) is 4.99 Å². The molecule has 11 nitrogen and oxygen atoms in total. The van der Waals surface area contributed by atoms with Crippen molar-refractivity contribution in [1.29, 1.82) is 0 Å². The molecule has 1 aliphatic heterocycles. The molecule has 0 unspecified atom stereocenters. The topological polar surface area (TPSA) is 139 Å². The summed E-state index contributed by atoms with van der Waals surface area (Å²) >= 11 is 1.11. The highest BCUT2D eigenvalue weighted by molar-refractivity contribution is 7.07. The maximum atomic E-state index is 14.0. The molecule has 12 heteroatoms. The van der Waals surface area contributed by atoms with E-state index in [1.807, 2.05) is 24.3 Å². The molecule has 41 heavy (non-hydrogen) atoms. The Balaban J connectivity index is 1.63. The fourth-order valence-electron chi connectivity index (χ4n) is 5.43. The van der Waals surface area contributed by atoms with Crippen LogP contribution in [0.4, 0.5) is 11.4 Å². The summed E-state index contributed by atoms with van der Waals surface area (Å²) in [6.07, 6.45) is 2.80. The van der Waals surface area contributed by atoms with Crippen molar-refractivity contribution in [3.63, 3.8) is 0 Å². The third-order valence-electron chi connectivity index (χ3n) is 7.29. The highest BCUT2D eigenvalue weighted by atomic mass is 32.1. The number of non-ortho nitro benzene ring substituents is 1. The lowest BCUT2D eigenvalue weighted by molar-refractivity contribution is -0.385. The van der Waals surface area contributed by atoms with Gasteiger partial charge >= 0.3 is 0 Å². The monoisotopic (exact) mass is 570 g/mol. The molecule has 1 aromatic heterocycles. The Labute approximate surface area is 236 Å². The van der Waals surface area contributed by atoms with Gasteiger partial charge in [-0.05, 0) is 41.7 Å². The van der Waals surface area contributed by atoms with Gasteiger partial charge in [0.25, 0.3) is 16.9 Å². The van der Waals surface area contributed by atoms with Crippen LogP contribution in [-0.4, -0.2) is 28.6 Å². The second kappa shape index (κ2) is 10.1. The van der Waals surface area contributed by atoms with Crippen LogP contribution in [0.2, 0.25) is 0 Å². The molecule has 0 N–H and O–H groups in total. The van der Waals surface area contributed by atoms with Crippen LogP contribution < -0.4 is 24.4 Å². The lowest BCUT2D eigenvalue weighted by Crippen LogP contribution is -2.38. The Hall–Kier alpha value is -5.10. The molecule has 206 valence electrons. The molecule has 3 aromatic carbocycles. The second-order valence-electron chi connectivity index (χ2n) is 9.49. The Kier molecular flexibility index (Phi) is 6.46. The first-order valence-electron chi connectivity index (χ1n) is 12.6. The van der Waals surface area contributed by atoms with E-state index >= 15 is 0 Å². The van der Waals surface area contributed by atoms with E-state index in [0.29, 0.717) is 16.8 Å². The number of nitro benzene ring substituents is 2. The van der Waals surface area contributed by atoms with E-state index in [9.17, 15) is 25.0 Å². The van der Waals surface area contributed by atoms with Gasteiger partial charge in [0.05, 0.1) is 52.0 Å². The number of aryl methyl sites for hydroxylation is 1. The predicted octanol–water partition coefficient (Wildman–Crippen LogP) is 4.15. The van der Waals surface area contributed by atoms with Gasteiger partial charge in [0.15, 0.2) is 16.3 Å². The third-order valence-corrected chi connectivity index (χ3v) is 8.27. The van der Waals surface area contributed by atoms with Crippen molar-refractivity contribution in [2.45, 2.75) is 18.9 Å². The van der Waals surface area contributed by atoms with E-state index in [4.69, 9.17) is 14.5 Å².